The zero-order chi connectivity index (χ0) is 21.3. The number of morpholine rings is 1. The summed E-state index contributed by atoms with van der Waals surface area (Å²) in [5, 5.41) is 2.90. The zero-order valence-corrected chi connectivity index (χ0v) is 16.9. The molecule has 1 fully saturated rings. The molecule has 1 heterocycles. The minimum absolute atomic E-state index is 0.0979. The van der Waals surface area contributed by atoms with Gasteiger partial charge >= 0.3 is 6.61 Å². The number of carbonyl (C=O) groups excluding carboxylic acids is 1. The van der Waals surface area contributed by atoms with Gasteiger partial charge in [0.2, 0.25) is 0 Å². The van der Waals surface area contributed by atoms with Crippen molar-refractivity contribution < 1.29 is 27.8 Å². The van der Waals surface area contributed by atoms with Gasteiger partial charge in [0.05, 0.1) is 19.8 Å². The van der Waals surface area contributed by atoms with Gasteiger partial charge in [0.1, 0.15) is 0 Å². The molecule has 8 heteroatoms. The summed E-state index contributed by atoms with van der Waals surface area (Å²) in [6.45, 7) is 3.40. The maximum atomic E-state index is 12.6. The maximum absolute atomic E-state index is 12.6. The molecule has 0 bridgehead atoms. The van der Waals surface area contributed by atoms with Gasteiger partial charge in [0, 0.05) is 31.7 Å². The van der Waals surface area contributed by atoms with Gasteiger partial charge in [-0.1, -0.05) is 24.3 Å². The molecule has 0 radical (unpaired) electrons. The van der Waals surface area contributed by atoms with Crippen LogP contribution in [0.3, 0.4) is 0 Å². The normalized spacial score (nSPS) is 14.5. The Morgan fingerprint density at radius 3 is 2.57 bits per heavy atom. The molecule has 1 amide bonds. The fourth-order valence-corrected chi connectivity index (χ4v) is 3.27. The van der Waals surface area contributed by atoms with E-state index in [1.165, 1.54) is 18.2 Å². The Kier molecular flexibility index (Phi) is 7.98. The van der Waals surface area contributed by atoms with Crippen molar-refractivity contribution in [2.45, 2.75) is 26.6 Å². The van der Waals surface area contributed by atoms with E-state index in [9.17, 15) is 13.6 Å². The van der Waals surface area contributed by atoms with E-state index in [0.29, 0.717) is 12.1 Å². The first-order chi connectivity index (χ1) is 14.6. The van der Waals surface area contributed by atoms with E-state index in [1.54, 1.807) is 6.92 Å². The summed E-state index contributed by atoms with van der Waals surface area (Å²) in [7, 11) is 0. The molecule has 3 rings (SSSR count). The minimum Gasteiger partial charge on any atom is -0.490 e. The fourth-order valence-electron chi connectivity index (χ4n) is 3.27. The number of hydrogen-bond acceptors (Lipinski definition) is 5. The molecule has 1 aliphatic heterocycles. The lowest BCUT2D eigenvalue weighted by Crippen LogP contribution is -2.36. The number of halogens is 2. The Hall–Kier alpha value is -2.71. The largest absolute Gasteiger partial charge is 0.490 e. The lowest BCUT2D eigenvalue weighted by atomic mass is 10.1. The molecule has 0 unspecified atom stereocenters. The molecule has 1 N–H and O–H groups in total. The number of nitrogens with one attached hydrogen (secondary N) is 1. The van der Waals surface area contributed by atoms with Crippen molar-refractivity contribution in [2.75, 3.05) is 32.9 Å². The van der Waals surface area contributed by atoms with Gasteiger partial charge in [0.25, 0.3) is 5.91 Å². The van der Waals surface area contributed by atoms with Crippen LogP contribution in [0.2, 0.25) is 0 Å². The number of carbonyl (C=O) groups is 1. The Balaban J connectivity index is 1.66. The maximum Gasteiger partial charge on any atom is 0.387 e. The third-order valence-electron chi connectivity index (χ3n) is 4.78. The quantitative estimate of drug-likeness (QED) is 0.673. The van der Waals surface area contributed by atoms with Crippen LogP contribution in [0.4, 0.5) is 8.78 Å². The Bertz CT molecular complexity index is 842. The highest BCUT2D eigenvalue weighted by Crippen LogP contribution is 2.30. The average Bonchev–Trinajstić information content (AvgIpc) is 2.75. The van der Waals surface area contributed by atoms with Crippen LogP contribution in [0.5, 0.6) is 11.5 Å². The Morgan fingerprint density at radius 2 is 1.87 bits per heavy atom. The van der Waals surface area contributed by atoms with E-state index in [0.717, 1.165) is 44.0 Å². The molecule has 0 spiro atoms. The van der Waals surface area contributed by atoms with Crippen LogP contribution in [0, 0.1) is 0 Å². The van der Waals surface area contributed by atoms with Gasteiger partial charge in [0.15, 0.2) is 11.5 Å². The molecular weight excluding hydrogens is 394 g/mol. The van der Waals surface area contributed by atoms with Gasteiger partial charge in [-0.15, -0.1) is 0 Å². The summed E-state index contributed by atoms with van der Waals surface area (Å²) < 4.78 is 40.3. The molecule has 1 aliphatic rings. The van der Waals surface area contributed by atoms with Crippen LogP contribution in [0.15, 0.2) is 42.5 Å². The smallest absolute Gasteiger partial charge is 0.387 e. The molecule has 0 aromatic heterocycles. The topological polar surface area (TPSA) is 60.0 Å². The van der Waals surface area contributed by atoms with Crippen LogP contribution in [0.25, 0.3) is 0 Å². The van der Waals surface area contributed by atoms with E-state index >= 15 is 0 Å². The standard InChI is InChI=1S/C22H26F2N2O4/c1-2-29-20-13-16(7-8-19(20)30-22(23)24)21(27)25-14-17-5-3-4-6-18(17)15-26-9-11-28-12-10-26/h3-8,13,22H,2,9-12,14-15H2,1H3,(H,25,27). The first-order valence-electron chi connectivity index (χ1n) is 9.93. The van der Waals surface area contributed by atoms with Crippen LogP contribution in [0.1, 0.15) is 28.4 Å². The molecule has 0 atom stereocenters. The number of alkyl halides is 2. The second kappa shape index (κ2) is 10.9. The van der Waals surface area contributed by atoms with E-state index in [4.69, 9.17) is 9.47 Å². The lowest BCUT2D eigenvalue weighted by molar-refractivity contribution is -0.0514. The summed E-state index contributed by atoms with van der Waals surface area (Å²) in [6, 6.07) is 12.1. The number of ether oxygens (including phenoxy) is 3. The zero-order valence-electron chi connectivity index (χ0n) is 16.9. The highest BCUT2D eigenvalue weighted by molar-refractivity contribution is 5.94. The second-order valence-corrected chi connectivity index (χ2v) is 6.81. The van der Waals surface area contributed by atoms with Gasteiger partial charge in [-0.25, -0.2) is 0 Å². The van der Waals surface area contributed by atoms with Gasteiger partial charge in [-0.05, 0) is 36.2 Å². The van der Waals surface area contributed by atoms with Crippen molar-refractivity contribution in [1.29, 1.82) is 0 Å². The summed E-state index contributed by atoms with van der Waals surface area (Å²) in [4.78, 5) is 14.9. The molecular formula is C22H26F2N2O4. The van der Waals surface area contributed by atoms with Crippen molar-refractivity contribution in [1.82, 2.24) is 10.2 Å². The number of hydrogen-bond donors (Lipinski definition) is 1. The second-order valence-electron chi connectivity index (χ2n) is 6.81. The first-order valence-corrected chi connectivity index (χ1v) is 9.93. The van der Waals surface area contributed by atoms with Crippen molar-refractivity contribution in [3.8, 4) is 11.5 Å². The van der Waals surface area contributed by atoms with Crippen LogP contribution >= 0.6 is 0 Å². The van der Waals surface area contributed by atoms with Crippen molar-refractivity contribution in [2.24, 2.45) is 0 Å². The highest BCUT2D eigenvalue weighted by Gasteiger charge is 2.16. The summed E-state index contributed by atoms with van der Waals surface area (Å²) in [6.07, 6.45) is 0. The van der Waals surface area contributed by atoms with Crippen LogP contribution in [-0.2, 0) is 17.8 Å². The van der Waals surface area contributed by atoms with Gasteiger partial charge < -0.3 is 19.5 Å². The third-order valence-corrected chi connectivity index (χ3v) is 4.78. The highest BCUT2D eigenvalue weighted by atomic mass is 19.3. The summed E-state index contributed by atoms with van der Waals surface area (Å²) >= 11 is 0. The predicted octanol–water partition coefficient (Wildman–Crippen LogP) is 3.45. The predicted molar refractivity (Wildman–Crippen MR) is 108 cm³/mol. The molecule has 30 heavy (non-hydrogen) atoms. The number of nitrogens with zero attached hydrogens (tertiary/aromatic N) is 1. The molecule has 2 aromatic carbocycles. The molecule has 2 aromatic rings. The SMILES string of the molecule is CCOc1cc(C(=O)NCc2ccccc2CN2CCOCC2)ccc1OC(F)F. The fraction of sp³-hybridized carbons (Fsp3) is 0.409. The molecule has 0 aliphatic carbocycles. The summed E-state index contributed by atoms with van der Waals surface area (Å²) in [5.74, 6) is -0.307. The monoisotopic (exact) mass is 420 g/mol. The number of rotatable bonds is 9. The third kappa shape index (κ3) is 6.14. The number of benzene rings is 2. The Labute approximate surface area is 174 Å². The van der Waals surface area contributed by atoms with Crippen LogP contribution < -0.4 is 14.8 Å². The van der Waals surface area contributed by atoms with Crippen LogP contribution in [-0.4, -0.2) is 50.3 Å². The van der Waals surface area contributed by atoms with Crippen molar-refractivity contribution in [3.05, 3.63) is 59.2 Å². The van der Waals surface area contributed by atoms with Gasteiger partial charge in [-0.3, -0.25) is 9.69 Å². The van der Waals surface area contributed by atoms with Gasteiger partial charge in [-0.2, -0.15) is 8.78 Å². The van der Waals surface area contributed by atoms with E-state index < -0.39 is 6.61 Å². The van der Waals surface area contributed by atoms with E-state index in [1.807, 2.05) is 18.2 Å². The summed E-state index contributed by atoms with van der Waals surface area (Å²) in [5.41, 5.74) is 2.49. The number of amides is 1. The van der Waals surface area contributed by atoms with E-state index in [-0.39, 0.29) is 24.0 Å². The molecule has 1 saturated heterocycles. The lowest BCUT2D eigenvalue weighted by Gasteiger charge is -2.27. The minimum atomic E-state index is -2.97. The Morgan fingerprint density at radius 1 is 1.13 bits per heavy atom. The van der Waals surface area contributed by atoms with Crippen molar-refractivity contribution in [3.63, 3.8) is 0 Å². The first kappa shape index (κ1) is 22.0. The van der Waals surface area contributed by atoms with Crippen molar-refractivity contribution >= 4 is 5.91 Å². The molecule has 0 saturated carbocycles. The molecule has 6 nitrogen and oxygen atoms in total. The molecule has 162 valence electrons. The van der Waals surface area contributed by atoms with E-state index in [2.05, 4.69) is 21.0 Å². The average molecular weight is 420 g/mol.